The molecule has 150 valence electrons. The molecule has 0 bridgehead atoms. The second-order valence-electron chi connectivity index (χ2n) is 6.66. The number of aromatic nitrogens is 2. The lowest BCUT2D eigenvalue weighted by Gasteiger charge is -2.25. The van der Waals surface area contributed by atoms with Crippen molar-refractivity contribution >= 4 is 29.3 Å². The summed E-state index contributed by atoms with van der Waals surface area (Å²) in [5.41, 5.74) is 1.81. The number of methoxy groups -OCH3 is 1. The molecule has 2 heterocycles. The second kappa shape index (κ2) is 8.88. The molecular formula is C21H20ClN3O3S. The van der Waals surface area contributed by atoms with Gasteiger partial charge in [-0.1, -0.05) is 47.6 Å². The summed E-state index contributed by atoms with van der Waals surface area (Å²) in [6.07, 6.45) is 1.95. The van der Waals surface area contributed by atoms with E-state index in [2.05, 4.69) is 10.2 Å². The fourth-order valence-corrected chi connectivity index (χ4v) is 4.32. The van der Waals surface area contributed by atoms with Crippen LogP contribution in [0.5, 0.6) is 5.75 Å². The van der Waals surface area contributed by atoms with Crippen molar-refractivity contribution in [2.75, 3.05) is 19.4 Å². The van der Waals surface area contributed by atoms with Gasteiger partial charge in [-0.3, -0.25) is 4.79 Å². The average Bonchev–Trinajstić information content (AvgIpc) is 3.42. The van der Waals surface area contributed by atoms with Crippen LogP contribution in [0.15, 0.2) is 58.2 Å². The molecule has 1 aromatic heterocycles. The number of nitrogens with zero attached hydrogens (tertiary/aromatic N) is 3. The molecule has 0 aliphatic carbocycles. The molecule has 0 radical (unpaired) electrons. The maximum atomic E-state index is 12.8. The molecule has 1 aliphatic rings. The lowest BCUT2D eigenvalue weighted by atomic mass is 10.0. The van der Waals surface area contributed by atoms with E-state index in [4.69, 9.17) is 20.8 Å². The molecule has 1 atom stereocenters. The molecule has 1 saturated heterocycles. The van der Waals surface area contributed by atoms with Gasteiger partial charge in [-0.05, 0) is 42.7 Å². The van der Waals surface area contributed by atoms with Crippen LogP contribution >= 0.6 is 23.4 Å². The van der Waals surface area contributed by atoms with Gasteiger partial charge in [0.05, 0.1) is 29.5 Å². The topological polar surface area (TPSA) is 68.5 Å². The Morgan fingerprint density at radius 3 is 2.79 bits per heavy atom. The van der Waals surface area contributed by atoms with E-state index in [9.17, 15) is 4.79 Å². The van der Waals surface area contributed by atoms with Crippen LogP contribution in [-0.2, 0) is 4.79 Å². The molecule has 1 amide bonds. The number of ether oxygens (including phenoxy) is 1. The number of thioether (sulfide) groups is 1. The molecule has 0 N–H and O–H groups in total. The Hall–Kier alpha value is -2.51. The van der Waals surface area contributed by atoms with Crippen molar-refractivity contribution in [1.29, 1.82) is 0 Å². The molecule has 1 fully saturated rings. The molecule has 2 aromatic carbocycles. The van der Waals surface area contributed by atoms with E-state index >= 15 is 0 Å². The van der Waals surface area contributed by atoms with Gasteiger partial charge >= 0.3 is 0 Å². The number of carbonyl (C=O) groups excluding carboxylic acids is 1. The number of carbonyl (C=O) groups is 1. The molecule has 0 spiro atoms. The van der Waals surface area contributed by atoms with Crippen molar-refractivity contribution in [1.82, 2.24) is 15.1 Å². The van der Waals surface area contributed by atoms with Gasteiger partial charge in [0.25, 0.3) is 5.22 Å². The van der Waals surface area contributed by atoms with Gasteiger partial charge in [-0.2, -0.15) is 0 Å². The van der Waals surface area contributed by atoms with E-state index in [0.29, 0.717) is 21.7 Å². The smallest absolute Gasteiger partial charge is 0.277 e. The van der Waals surface area contributed by atoms with Crippen molar-refractivity contribution in [3.8, 4) is 17.2 Å². The van der Waals surface area contributed by atoms with Crippen molar-refractivity contribution in [3.63, 3.8) is 0 Å². The Labute approximate surface area is 178 Å². The second-order valence-corrected chi connectivity index (χ2v) is 7.99. The van der Waals surface area contributed by atoms with Gasteiger partial charge in [-0.25, -0.2) is 0 Å². The molecular weight excluding hydrogens is 410 g/mol. The number of hydrogen-bond donors (Lipinski definition) is 0. The zero-order chi connectivity index (χ0) is 20.2. The minimum atomic E-state index is 0.0609. The van der Waals surface area contributed by atoms with Crippen LogP contribution in [0.3, 0.4) is 0 Å². The first-order chi connectivity index (χ1) is 14.2. The maximum absolute atomic E-state index is 12.8. The summed E-state index contributed by atoms with van der Waals surface area (Å²) in [4.78, 5) is 14.8. The van der Waals surface area contributed by atoms with Gasteiger partial charge < -0.3 is 14.1 Å². The van der Waals surface area contributed by atoms with Crippen LogP contribution < -0.4 is 4.74 Å². The monoisotopic (exact) mass is 429 g/mol. The Balaban J connectivity index is 1.39. The lowest BCUT2D eigenvalue weighted by molar-refractivity contribution is -0.129. The molecule has 29 heavy (non-hydrogen) atoms. The Kier molecular flexibility index (Phi) is 6.06. The SMILES string of the molecule is COc1ccc(C2CCCN2C(=O)CSc2nnc(-c3ccccc3Cl)o2)cc1. The van der Waals surface area contributed by atoms with E-state index in [1.165, 1.54) is 11.8 Å². The van der Waals surface area contributed by atoms with Crippen LogP contribution in [0.1, 0.15) is 24.4 Å². The van der Waals surface area contributed by atoms with Crippen LogP contribution in [0, 0.1) is 0 Å². The van der Waals surface area contributed by atoms with Gasteiger partial charge in [0.15, 0.2) is 0 Å². The predicted octanol–water partition coefficient (Wildman–Crippen LogP) is 4.85. The van der Waals surface area contributed by atoms with Crippen LogP contribution in [0.25, 0.3) is 11.5 Å². The highest BCUT2D eigenvalue weighted by atomic mass is 35.5. The fraction of sp³-hybridized carbons (Fsp3) is 0.286. The first-order valence-electron chi connectivity index (χ1n) is 9.30. The Bertz CT molecular complexity index is 993. The Morgan fingerprint density at radius 2 is 2.03 bits per heavy atom. The van der Waals surface area contributed by atoms with Crippen molar-refractivity contribution in [2.45, 2.75) is 24.1 Å². The molecule has 8 heteroatoms. The molecule has 6 nitrogen and oxygen atoms in total. The normalized spacial score (nSPS) is 16.2. The lowest BCUT2D eigenvalue weighted by Crippen LogP contribution is -2.31. The van der Waals surface area contributed by atoms with E-state index < -0.39 is 0 Å². The van der Waals surface area contributed by atoms with Gasteiger partial charge in [0.2, 0.25) is 11.8 Å². The van der Waals surface area contributed by atoms with Crippen LogP contribution in [0.2, 0.25) is 5.02 Å². The predicted molar refractivity (Wildman–Crippen MR) is 112 cm³/mol. The third-order valence-electron chi connectivity index (χ3n) is 4.90. The third kappa shape index (κ3) is 4.41. The summed E-state index contributed by atoms with van der Waals surface area (Å²) in [6.45, 7) is 0.755. The maximum Gasteiger partial charge on any atom is 0.277 e. The van der Waals surface area contributed by atoms with Gasteiger partial charge in [0.1, 0.15) is 5.75 Å². The summed E-state index contributed by atoms with van der Waals surface area (Å²) < 4.78 is 10.9. The van der Waals surface area contributed by atoms with Crippen LogP contribution in [-0.4, -0.2) is 40.4 Å². The number of hydrogen-bond acceptors (Lipinski definition) is 6. The summed E-state index contributed by atoms with van der Waals surface area (Å²) >= 11 is 7.42. The summed E-state index contributed by atoms with van der Waals surface area (Å²) in [5, 5.41) is 8.97. The first kappa shape index (κ1) is 19.8. The molecule has 3 aromatic rings. The van der Waals surface area contributed by atoms with Crippen molar-refractivity contribution in [3.05, 3.63) is 59.1 Å². The van der Waals surface area contributed by atoms with Crippen molar-refractivity contribution < 1.29 is 13.9 Å². The van der Waals surface area contributed by atoms with E-state index in [-0.39, 0.29) is 17.7 Å². The minimum Gasteiger partial charge on any atom is -0.497 e. The highest BCUT2D eigenvalue weighted by Crippen LogP contribution is 2.34. The van der Waals surface area contributed by atoms with Crippen LogP contribution in [0.4, 0.5) is 0 Å². The first-order valence-corrected chi connectivity index (χ1v) is 10.7. The number of likely N-dealkylation sites (tertiary alicyclic amines) is 1. The molecule has 4 rings (SSSR count). The van der Waals surface area contributed by atoms with Crippen molar-refractivity contribution in [2.24, 2.45) is 0 Å². The summed E-state index contributed by atoms with van der Waals surface area (Å²) in [6, 6.07) is 15.3. The zero-order valence-corrected chi connectivity index (χ0v) is 17.4. The average molecular weight is 430 g/mol. The highest BCUT2D eigenvalue weighted by Gasteiger charge is 2.30. The molecule has 0 saturated carbocycles. The fourth-order valence-electron chi connectivity index (χ4n) is 3.46. The third-order valence-corrected chi connectivity index (χ3v) is 6.04. The molecule has 1 unspecified atom stereocenters. The number of rotatable bonds is 6. The van der Waals surface area contributed by atoms with E-state index in [1.54, 1.807) is 13.2 Å². The summed E-state index contributed by atoms with van der Waals surface area (Å²) in [7, 11) is 1.65. The quantitative estimate of drug-likeness (QED) is 0.521. The standard InChI is InChI=1S/C21H20ClN3O3S/c1-27-15-10-8-14(9-11-15)18-7-4-12-25(18)19(26)13-29-21-24-23-20(28-21)16-5-2-3-6-17(16)22/h2-3,5-6,8-11,18H,4,7,12-13H2,1H3. The number of benzene rings is 2. The highest BCUT2D eigenvalue weighted by molar-refractivity contribution is 7.99. The zero-order valence-electron chi connectivity index (χ0n) is 15.9. The number of halogens is 1. The minimum absolute atomic E-state index is 0.0609. The largest absolute Gasteiger partial charge is 0.497 e. The van der Waals surface area contributed by atoms with Gasteiger partial charge in [-0.15, -0.1) is 10.2 Å². The molecule has 1 aliphatic heterocycles. The number of amides is 1. The van der Waals surface area contributed by atoms with Gasteiger partial charge in [0, 0.05) is 6.54 Å². The Morgan fingerprint density at radius 1 is 1.24 bits per heavy atom. The summed E-state index contributed by atoms with van der Waals surface area (Å²) in [5.74, 6) is 1.47. The van der Waals surface area contributed by atoms with E-state index in [1.807, 2.05) is 47.4 Å². The van der Waals surface area contributed by atoms with E-state index in [0.717, 1.165) is 30.7 Å².